The van der Waals surface area contributed by atoms with Crippen LogP contribution in [0.3, 0.4) is 0 Å². The normalized spacial score (nSPS) is 19.5. The molecular formula is C19H27N5O2. The van der Waals surface area contributed by atoms with Crippen molar-refractivity contribution in [2.24, 2.45) is 0 Å². The molecule has 1 saturated heterocycles. The Balaban J connectivity index is 1.44. The summed E-state index contributed by atoms with van der Waals surface area (Å²) in [6, 6.07) is 11.6. The summed E-state index contributed by atoms with van der Waals surface area (Å²) in [7, 11) is 1.81. The minimum atomic E-state index is -0.223. The van der Waals surface area contributed by atoms with Gasteiger partial charge in [-0.1, -0.05) is 18.2 Å². The fourth-order valence-corrected chi connectivity index (χ4v) is 3.17. The van der Waals surface area contributed by atoms with Crippen molar-refractivity contribution in [2.45, 2.75) is 38.9 Å². The highest BCUT2D eigenvalue weighted by molar-refractivity contribution is 5.81. The Labute approximate surface area is 154 Å². The van der Waals surface area contributed by atoms with Gasteiger partial charge in [-0.2, -0.15) is 5.10 Å². The molecule has 1 fully saturated rings. The van der Waals surface area contributed by atoms with Gasteiger partial charge in [-0.15, -0.1) is 0 Å². The van der Waals surface area contributed by atoms with E-state index < -0.39 is 0 Å². The zero-order valence-corrected chi connectivity index (χ0v) is 15.6. The molecular weight excluding hydrogens is 330 g/mol. The van der Waals surface area contributed by atoms with Gasteiger partial charge in [0.05, 0.1) is 18.8 Å². The molecule has 2 unspecified atom stereocenters. The van der Waals surface area contributed by atoms with E-state index in [1.54, 1.807) is 4.90 Å². The van der Waals surface area contributed by atoms with Crippen molar-refractivity contribution in [3.63, 3.8) is 0 Å². The van der Waals surface area contributed by atoms with Crippen LogP contribution in [0.25, 0.3) is 0 Å². The van der Waals surface area contributed by atoms with Gasteiger partial charge in [-0.25, -0.2) is 5.43 Å². The number of carbonyl (C=O) groups excluding carboxylic acids is 1. The molecule has 2 aromatic rings. The second-order valence-electron chi connectivity index (χ2n) is 6.80. The molecule has 2 N–H and O–H groups in total. The SMILES string of the molecule is Cc1cc(C)n(CC2CC(C(=O)N(C)CCOc3ccccc3)NN2)n1. The van der Waals surface area contributed by atoms with Gasteiger partial charge in [0.2, 0.25) is 5.91 Å². The number of carbonyl (C=O) groups is 1. The number of aryl methyl sites for hydroxylation is 2. The molecule has 26 heavy (non-hydrogen) atoms. The number of hydrogen-bond acceptors (Lipinski definition) is 5. The van der Waals surface area contributed by atoms with Crippen LogP contribution in [0.15, 0.2) is 36.4 Å². The molecule has 2 heterocycles. The third-order valence-corrected chi connectivity index (χ3v) is 4.59. The highest BCUT2D eigenvalue weighted by Crippen LogP contribution is 2.12. The Morgan fingerprint density at radius 3 is 2.77 bits per heavy atom. The lowest BCUT2D eigenvalue weighted by Crippen LogP contribution is -2.45. The number of likely N-dealkylation sites (N-methyl/N-ethyl adjacent to an activating group) is 1. The van der Waals surface area contributed by atoms with Crippen LogP contribution in [0.4, 0.5) is 0 Å². The molecule has 1 aromatic heterocycles. The molecule has 0 spiro atoms. The van der Waals surface area contributed by atoms with Gasteiger partial charge in [-0.05, 0) is 38.5 Å². The lowest BCUT2D eigenvalue weighted by atomic mass is 10.1. The minimum absolute atomic E-state index is 0.0741. The summed E-state index contributed by atoms with van der Waals surface area (Å²) in [5.41, 5.74) is 8.49. The van der Waals surface area contributed by atoms with Gasteiger partial charge < -0.3 is 9.64 Å². The van der Waals surface area contributed by atoms with Crippen LogP contribution in [-0.4, -0.2) is 52.9 Å². The molecule has 1 aliphatic heterocycles. The van der Waals surface area contributed by atoms with Crippen LogP contribution in [0, 0.1) is 13.8 Å². The van der Waals surface area contributed by atoms with Gasteiger partial charge in [0.25, 0.3) is 0 Å². The van der Waals surface area contributed by atoms with Gasteiger partial charge >= 0.3 is 0 Å². The molecule has 0 saturated carbocycles. The van der Waals surface area contributed by atoms with E-state index in [2.05, 4.69) is 22.0 Å². The van der Waals surface area contributed by atoms with E-state index in [9.17, 15) is 4.79 Å². The Morgan fingerprint density at radius 1 is 1.31 bits per heavy atom. The summed E-state index contributed by atoms with van der Waals surface area (Å²) in [6.07, 6.45) is 0.737. The summed E-state index contributed by atoms with van der Waals surface area (Å²) >= 11 is 0. The summed E-state index contributed by atoms with van der Waals surface area (Å²) in [4.78, 5) is 14.3. The maximum Gasteiger partial charge on any atom is 0.240 e. The fraction of sp³-hybridized carbons (Fsp3) is 0.474. The fourth-order valence-electron chi connectivity index (χ4n) is 3.17. The smallest absolute Gasteiger partial charge is 0.240 e. The highest BCUT2D eigenvalue weighted by atomic mass is 16.5. The van der Waals surface area contributed by atoms with Gasteiger partial charge in [-0.3, -0.25) is 14.9 Å². The number of hydrogen-bond donors (Lipinski definition) is 2. The Kier molecular flexibility index (Phi) is 5.90. The third kappa shape index (κ3) is 4.62. The standard InChI is InChI=1S/C19H27N5O2/c1-14-11-15(2)24(22-14)13-16-12-18(21-20-16)19(25)23(3)9-10-26-17-7-5-4-6-8-17/h4-8,11,16,18,20-21H,9-10,12-13H2,1-3H3. The topological polar surface area (TPSA) is 71.4 Å². The zero-order chi connectivity index (χ0) is 18.5. The Bertz CT molecular complexity index is 731. The number of nitrogens with zero attached hydrogens (tertiary/aromatic N) is 3. The largest absolute Gasteiger partial charge is 0.492 e. The van der Waals surface area contributed by atoms with Crippen molar-refractivity contribution in [3.8, 4) is 5.75 Å². The number of rotatable bonds is 7. The molecule has 0 bridgehead atoms. The average Bonchev–Trinajstić information content (AvgIpc) is 3.21. The first-order chi connectivity index (χ1) is 12.5. The first-order valence-corrected chi connectivity index (χ1v) is 8.98. The van der Waals surface area contributed by atoms with Crippen LogP contribution < -0.4 is 15.6 Å². The van der Waals surface area contributed by atoms with E-state index >= 15 is 0 Å². The van der Waals surface area contributed by atoms with Crippen molar-refractivity contribution in [2.75, 3.05) is 20.2 Å². The maximum atomic E-state index is 12.6. The van der Waals surface area contributed by atoms with Crippen LogP contribution in [0.1, 0.15) is 17.8 Å². The van der Waals surface area contributed by atoms with E-state index in [4.69, 9.17) is 4.74 Å². The van der Waals surface area contributed by atoms with Crippen molar-refractivity contribution in [1.82, 2.24) is 25.5 Å². The van der Waals surface area contributed by atoms with Gasteiger partial charge in [0, 0.05) is 18.8 Å². The third-order valence-electron chi connectivity index (χ3n) is 4.59. The first kappa shape index (κ1) is 18.4. The number of amides is 1. The molecule has 1 amide bonds. The lowest BCUT2D eigenvalue weighted by Gasteiger charge is -2.21. The predicted molar refractivity (Wildman–Crippen MR) is 99.7 cm³/mol. The Morgan fingerprint density at radius 2 is 2.08 bits per heavy atom. The summed E-state index contributed by atoms with van der Waals surface area (Å²) in [5.74, 6) is 0.893. The number of benzene rings is 1. The molecule has 0 aliphatic carbocycles. The van der Waals surface area contributed by atoms with Crippen molar-refractivity contribution in [1.29, 1.82) is 0 Å². The van der Waals surface area contributed by atoms with Crippen LogP contribution in [0.5, 0.6) is 5.75 Å². The van der Waals surface area contributed by atoms with Crippen molar-refractivity contribution in [3.05, 3.63) is 47.8 Å². The van der Waals surface area contributed by atoms with E-state index in [1.807, 2.05) is 55.9 Å². The monoisotopic (exact) mass is 357 g/mol. The van der Waals surface area contributed by atoms with Crippen molar-refractivity contribution >= 4 is 5.91 Å². The highest BCUT2D eigenvalue weighted by Gasteiger charge is 2.31. The number of aromatic nitrogens is 2. The average molecular weight is 357 g/mol. The van der Waals surface area contributed by atoms with Crippen LogP contribution >= 0.6 is 0 Å². The maximum absolute atomic E-state index is 12.6. The molecule has 7 heteroatoms. The molecule has 7 nitrogen and oxygen atoms in total. The summed E-state index contributed by atoms with van der Waals surface area (Å²) < 4.78 is 7.65. The molecule has 1 aliphatic rings. The molecule has 0 radical (unpaired) electrons. The van der Waals surface area contributed by atoms with Crippen LogP contribution in [0.2, 0.25) is 0 Å². The molecule has 2 atom stereocenters. The van der Waals surface area contributed by atoms with E-state index in [1.165, 1.54) is 0 Å². The molecule has 140 valence electrons. The van der Waals surface area contributed by atoms with Gasteiger partial charge in [0.1, 0.15) is 18.4 Å². The Hall–Kier alpha value is -2.38. The summed E-state index contributed by atoms with van der Waals surface area (Å²) in [5, 5.41) is 4.49. The van der Waals surface area contributed by atoms with E-state index in [0.717, 1.165) is 30.1 Å². The minimum Gasteiger partial charge on any atom is -0.492 e. The number of nitrogens with one attached hydrogen (secondary N) is 2. The number of ether oxygens (including phenoxy) is 1. The quantitative estimate of drug-likeness (QED) is 0.781. The molecule has 3 rings (SSSR count). The second-order valence-corrected chi connectivity index (χ2v) is 6.80. The van der Waals surface area contributed by atoms with Crippen LogP contribution in [-0.2, 0) is 11.3 Å². The van der Waals surface area contributed by atoms with E-state index in [0.29, 0.717) is 13.2 Å². The van der Waals surface area contributed by atoms with Crippen molar-refractivity contribution < 1.29 is 9.53 Å². The molecule has 1 aromatic carbocycles. The van der Waals surface area contributed by atoms with E-state index in [-0.39, 0.29) is 18.0 Å². The number of para-hydroxylation sites is 1. The number of hydrazine groups is 1. The predicted octanol–water partition coefficient (Wildman–Crippen LogP) is 1.27. The first-order valence-electron chi connectivity index (χ1n) is 8.98. The zero-order valence-electron chi connectivity index (χ0n) is 15.6. The summed E-state index contributed by atoms with van der Waals surface area (Å²) in [6.45, 7) is 5.81. The second kappa shape index (κ2) is 8.33. The lowest BCUT2D eigenvalue weighted by molar-refractivity contribution is -0.132. The van der Waals surface area contributed by atoms with Gasteiger partial charge in [0.15, 0.2) is 0 Å².